The van der Waals surface area contributed by atoms with Crippen LogP contribution in [0.5, 0.6) is 5.75 Å². The largest absolute Gasteiger partial charge is 0.490 e. The molecule has 0 aromatic heterocycles. The summed E-state index contributed by atoms with van der Waals surface area (Å²) in [5.41, 5.74) is 2.18. The van der Waals surface area contributed by atoms with Crippen molar-refractivity contribution >= 4 is 5.91 Å². The van der Waals surface area contributed by atoms with Crippen molar-refractivity contribution in [3.8, 4) is 5.75 Å². The Balaban J connectivity index is 2.71. The van der Waals surface area contributed by atoms with Gasteiger partial charge in [0.25, 0.3) is 0 Å². The second-order valence-corrected chi connectivity index (χ2v) is 5.62. The number of amides is 1. The summed E-state index contributed by atoms with van der Waals surface area (Å²) in [5.74, 6) is 0.879. The molecule has 1 aromatic carbocycles. The second kappa shape index (κ2) is 8.67. The summed E-state index contributed by atoms with van der Waals surface area (Å²) in [4.78, 5) is 12.0. The van der Waals surface area contributed by atoms with Gasteiger partial charge >= 0.3 is 0 Å². The summed E-state index contributed by atoms with van der Waals surface area (Å²) in [6.07, 6.45) is 1.13. The van der Waals surface area contributed by atoms with Crippen LogP contribution in [0.2, 0.25) is 0 Å². The van der Waals surface area contributed by atoms with Gasteiger partial charge in [0.1, 0.15) is 5.75 Å². The van der Waals surface area contributed by atoms with Crippen molar-refractivity contribution in [1.29, 1.82) is 0 Å². The molecule has 4 heteroatoms. The van der Waals surface area contributed by atoms with Gasteiger partial charge in [0.05, 0.1) is 6.10 Å². The first-order valence-corrected chi connectivity index (χ1v) is 7.66. The van der Waals surface area contributed by atoms with Crippen LogP contribution in [0.1, 0.15) is 38.3 Å². The second-order valence-electron chi connectivity index (χ2n) is 5.62. The third kappa shape index (κ3) is 5.76. The Hall–Kier alpha value is -1.55. The molecule has 21 heavy (non-hydrogen) atoms. The normalized spacial score (nSPS) is 13.6. The van der Waals surface area contributed by atoms with Crippen molar-refractivity contribution in [3.05, 3.63) is 29.3 Å². The van der Waals surface area contributed by atoms with E-state index in [1.807, 2.05) is 39.1 Å². The minimum atomic E-state index is -0.0422. The molecule has 0 bridgehead atoms. The van der Waals surface area contributed by atoms with Crippen LogP contribution in [0.15, 0.2) is 18.2 Å². The molecule has 0 heterocycles. The van der Waals surface area contributed by atoms with E-state index < -0.39 is 0 Å². The van der Waals surface area contributed by atoms with Crippen molar-refractivity contribution in [3.63, 3.8) is 0 Å². The maximum Gasteiger partial charge on any atom is 0.224 e. The molecule has 2 N–H and O–H groups in total. The molecule has 0 aliphatic heterocycles. The fraction of sp³-hybridized carbons (Fsp3) is 0.588. The Bertz CT molecular complexity index is 460. The lowest BCUT2D eigenvalue weighted by molar-refractivity contribution is -0.124. The molecule has 1 amide bonds. The summed E-state index contributed by atoms with van der Waals surface area (Å²) in [6, 6.07) is 6.10. The van der Waals surface area contributed by atoms with Crippen LogP contribution in [0, 0.1) is 12.8 Å². The van der Waals surface area contributed by atoms with E-state index in [4.69, 9.17) is 4.74 Å². The van der Waals surface area contributed by atoms with Gasteiger partial charge in [-0.15, -0.1) is 0 Å². The number of carbonyl (C=O) groups is 1. The monoisotopic (exact) mass is 292 g/mol. The lowest BCUT2D eigenvalue weighted by Gasteiger charge is -2.18. The number of hydrogen-bond acceptors (Lipinski definition) is 3. The number of aryl methyl sites for hydroxylation is 1. The molecule has 4 nitrogen and oxygen atoms in total. The van der Waals surface area contributed by atoms with E-state index >= 15 is 0 Å². The molecule has 2 unspecified atom stereocenters. The van der Waals surface area contributed by atoms with E-state index in [0.717, 1.165) is 23.3 Å². The number of nitrogens with one attached hydrogen (secondary N) is 2. The molecule has 0 fully saturated rings. The lowest BCUT2D eigenvalue weighted by Crippen LogP contribution is -2.34. The third-order valence-corrected chi connectivity index (χ3v) is 3.54. The average molecular weight is 292 g/mol. The molecule has 0 aliphatic carbocycles. The molecule has 0 spiro atoms. The van der Waals surface area contributed by atoms with Crippen LogP contribution in [-0.2, 0) is 11.3 Å². The molecular formula is C17H28N2O2. The van der Waals surface area contributed by atoms with Crippen LogP contribution >= 0.6 is 0 Å². The number of benzene rings is 1. The quantitative estimate of drug-likeness (QED) is 0.774. The summed E-state index contributed by atoms with van der Waals surface area (Å²) in [7, 11) is 1.85. The third-order valence-electron chi connectivity index (χ3n) is 3.54. The van der Waals surface area contributed by atoms with E-state index in [-0.39, 0.29) is 17.9 Å². The van der Waals surface area contributed by atoms with E-state index in [9.17, 15) is 4.79 Å². The van der Waals surface area contributed by atoms with Crippen LogP contribution in [0.3, 0.4) is 0 Å². The number of carbonyl (C=O) groups excluding carboxylic acids is 1. The van der Waals surface area contributed by atoms with Crippen molar-refractivity contribution in [2.45, 2.75) is 46.8 Å². The first-order valence-electron chi connectivity index (χ1n) is 7.66. The van der Waals surface area contributed by atoms with E-state index in [2.05, 4.69) is 24.5 Å². The zero-order valence-electron chi connectivity index (χ0n) is 13.8. The van der Waals surface area contributed by atoms with Crippen molar-refractivity contribution in [1.82, 2.24) is 10.6 Å². The summed E-state index contributed by atoms with van der Waals surface area (Å²) in [5, 5.41) is 5.99. The van der Waals surface area contributed by atoms with Gasteiger partial charge in [-0.25, -0.2) is 0 Å². The Kier molecular flexibility index (Phi) is 7.23. The number of hydrogen-bond donors (Lipinski definition) is 2. The number of rotatable bonds is 8. The molecule has 1 rings (SSSR count). The van der Waals surface area contributed by atoms with Gasteiger partial charge in [-0.05, 0) is 38.9 Å². The Labute approximate surface area is 128 Å². The standard InChI is InChI=1S/C17H28N2O2/c1-6-14(4)21-16-9-12(2)7-8-15(16)11-19-17(20)13(3)10-18-5/h7-9,13-14,18H,6,10-11H2,1-5H3,(H,19,20). The van der Waals surface area contributed by atoms with Crippen molar-refractivity contribution in [2.75, 3.05) is 13.6 Å². The van der Waals surface area contributed by atoms with E-state index in [0.29, 0.717) is 13.1 Å². The van der Waals surface area contributed by atoms with Crippen molar-refractivity contribution < 1.29 is 9.53 Å². The summed E-state index contributed by atoms with van der Waals surface area (Å²) < 4.78 is 5.95. The zero-order valence-corrected chi connectivity index (χ0v) is 13.8. The average Bonchev–Trinajstić information content (AvgIpc) is 2.46. The molecule has 0 saturated heterocycles. The minimum Gasteiger partial charge on any atom is -0.490 e. The van der Waals surface area contributed by atoms with Crippen molar-refractivity contribution in [2.24, 2.45) is 5.92 Å². The molecule has 1 aromatic rings. The highest BCUT2D eigenvalue weighted by Gasteiger charge is 2.13. The topological polar surface area (TPSA) is 50.4 Å². The molecular weight excluding hydrogens is 264 g/mol. The highest BCUT2D eigenvalue weighted by molar-refractivity contribution is 5.78. The number of ether oxygens (including phenoxy) is 1. The Morgan fingerprint density at radius 2 is 2.05 bits per heavy atom. The molecule has 0 radical (unpaired) electrons. The maximum atomic E-state index is 12.0. The van der Waals surface area contributed by atoms with Gasteiger partial charge in [-0.1, -0.05) is 26.0 Å². The Morgan fingerprint density at radius 1 is 1.33 bits per heavy atom. The Morgan fingerprint density at radius 3 is 2.67 bits per heavy atom. The van der Waals surface area contributed by atoms with Crippen LogP contribution in [0.25, 0.3) is 0 Å². The molecule has 0 aliphatic rings. The van der Waals surface area contributed by atoms with Gasteiger partial charge < -0.3 is 15.4 Å². The first-order chi connectivity index (χ1) is 9.97. The zero-order chi connectivity index (χ0) is 15.8. The maximum absolute atomic E-state index is 12.0. The van der Waals surface area contributed by atoms with Crippen LogP contribution in [-0.4, -0.2) is 25.6 Å². The molecule has 118 valence electrons. The summed E-state index contributed by atoms with van der Waals surface area (Å²) >= 11 is 0. The van der Waals surface area contributed by atoms with Crippen LogP contribution in [0.4, 0.5) is 0 Å². The van der Waals surface area contributed by atoms with Gasteiger partial charge in [0.15, 0.2) is 0 Å². The summed E-state index contributed by atoms with van der Waals surface area (Å²) in [6.45, 7) is 9.29. The van der Waals surface area contributed by atoms with Gasteiger partial charge in [-0.3, -0.25) is 4.79 Å². The highest BCUT2D eigenvalue weighted by atomic mass is 16.5. The minimum absolute atomic E-state index is 0.0422. The van der Waals surface area contributed by atoms with Gasteiger partial charge in [-0.2, -0.15) is 0 Å². The van der Waals surface area contributed by atoms with E-state index in [1.54, 1.807) is 0 Å². The first kappa shape index (κ1) is 17.5. The molecule has 2 atom stereocenters. The van der Waals surface area contributed by atoms with Gasteiger partial charge in [0.2, 0.25) is 5.91 Å². The predicted molar refractivity (Wildman–Crippen MR) is 86.5 cm³/mol. The highest BCUT2D eigenvalue weighted by Crippen LogP contribution is 2.22. The van der Waals surface area contributed by atoms with Gasteiger partial charge in [0, 0.05) is 24.6 Å². The van der Waals surface area contributed by atoms with Crippen LogP contribution < -0.4 is 15.4 Å². The molecule has 0 saturated carbocycles. The lowest BCUT2D eigenvalue weighted by atomic mass is 10.1. The predicted octanol–water partition coefficient (Wildman–Crippen LogP) is 2.64. The fourth-order valence-corrected chi connectivity index (χ4v) is 1.97. The van der Waals surface area contributed by atoms with E-state index in [1.165, 1.54) is 0 Å². The smallest absolute Gasteiger partial charge is 0.224 e. The SMILES string of the molecule is CCC(C)Oc1cc(C)ccc1CNC(=O)C(C)CNC. The fourth-order valence-electron chi connectivity index (χ4n) is 1.97.